The SMILES string of the molecule is CCN(CC(=O)COC)Cc1ccccn1. The first-order chi connectivity index (χ1) is 7.76. The van der Waals surface area contributed by atoms with Gasteiger partial charge in [-0.1, -0.05) is 13.0 Å². The zero-order chi connectivity index (χ0) is 11.8. The fourth-order valence-corrected chi connectivity index (χ4v) is 1.46. The van der Waals surface area contributed by atoms with E-state index in [4.69, 9.17) is 4.74 Å². The van der Waals surface area contributed by atoms with Crippen molar-refractivity contribution in [3.8, 4) is 0 Å². The number of rotatable bonds is 7. The van der Waals surface area contributed by atoms with Crippen LogP contribution in [0.3, 0.4) is 0 Å². The van der Waals surface area contributed by atoms with Crippen LogP contribution in [0.25, 0.3) is 0 Å². The van der Waals surface area contributed by atoms with Crippen molar-refractivity contribution in [3.05, 3.63) is 30.1 Å². The Morgan fingerprint density at radius 1 is 1.50 bits per heavy atom. The standard InChI is InChI=1S/C12H18N2O2/c1-3-14(9-12(15)10-16-2)8-11-6-4-5-7-13-11/h4-7H,3,8-10H2,1-2H3. The van der Waals surface area contributed by atoms with E-state index in [0.717, 1.165) is 12.2 Å². The van der Waals surface area contributed by atoms with Gasteiger partial charge in [0.25, 0.3) is 0 Å². The highest BCUT2D eigenvalue weighted by atomic mass is 16.5. The monoisotopic (exact) mass is 222 g/mol. The zero-order valence-corrected chi connectivity index (χ0v) is 9.85. The molecule has 0 bridgehead atoms. The molecule has 0 aliphatic rings. The molecule has 0 radical (unpaired) electrons. The molecule has 0 spiro atoms. The number of ether oxygens (including phenoxy) is 1. The molecule has 0 aliphatic heterocycles. The van der Waals surface area contributed by atoms with Crippen molar-refractivity contribution in [2.75, 3.05) is 26.8 Å². The number of aromatic nitrogens is 1. The van der Waals surface area contributed by atoms with E-state index in [9.17, 15) is 4.79 Å². The van der Waals surface area contributed by atoms with Crippen molar-refractivity contribution in [3.63, 3.8) is 0 Å². The second-order valence-corrected chi connectivity index (χ2v) is 3.60. The Balaban J connectivity index is 2.46. The van der Waals surface area contributed by atoms with Gasteiger partial charge >= 0.3 is 0 Å². The Morgan fingerprint density at radius 2 is 2.31 bits per heavy atom. The maximum Gasteiger partial charge on any atom is 0.172 e. The first kappa shape index (κ1) is 12.8. The van der Waals surface area contributed by atoms with E-state index in [-0.39, 0.29) is 12.4 Å². The summed E-state index contributed by atoms with van der Waals surface area (Å²) in [6.45, 7) is 4.15. The molecule has 0 atom stereocenters. The molecule has 0 fully saturated rings. The third-order valence-electron chi connectivity index (χ3n) is 2.26. The average Bonchev–Trinajstić information content (AvgIpc) is 2.30. The fraction of sp³-hybridized carbons (Fsp3) is 0.500. The van der Waals surface area contributed by atoms with Crippen LogP contribution in [0.2, 0.25) is 0 Å². The number of carbonyl (C=O) groups excluding carboxylic acids is 1. The number of pyridine rings is 1. The number of nitrogens with zero attached hydrogens (tertiary/aromatic N) is 2. The number of ketones is 1. The predicted molar refractivity (Wildman–Crippen MR) is 62.1 cm³/mol. The van der Waals surface area contributed by atoms with Crippen LogP contribution in [-0.4, -0.2) is 42.5 Å². The van der Waals surface area contributed by atoms with Gasteiger partial charge in [-0.25, -0.2) is 0 Å². The van der Waals surface area contributed by atoms with Gasteiger partial charge in [0.2, 0.25) is 0 Å². The Bertz CT molecular complexity index is 314. The van der Waals surface area contributed by atoms with Crippen LogP contribution in [0.5, 0.6) is 0 Å². The molecular weight excluding hydrogens is 204 g/mol. The van der Waals surface area contributed by atoms with Crippen LogP contribution >= 0.6 is 0 Å². The summed E-state index contributed by atoms with van der Waals surface area (Å²) < 4.78 is 4.81. The minimum atomic E-state index is 0.0975. The van der Waals surface area contributed by atoms with Gasteiger partial charge in [0.15, 0.2) is 5.78 Å². The molecule has 1 aromatic heterocycles. The van der Waals surface area contributed by atoms with Gasteiger partial charge in [0.05, 0.1) is 12.2 Å². The molecule has 4 heteroatoms. The Kier molecular flexibility index (Phi) is 5.67. The first-order valence-corrected chi connectivity index (χ1v) is 5.39. The van der Waals surface area contributed by atoms with E-state index in [2.05, 4.69) is 4.98 Å². The number of hydrogen-bond acceptors (Lipinski definition) is 4. The zero-order valence-electron chi connectivity index (χ0n) is 9.85. The highest BCUT2D eigenvalue weighted by Crippen LogP contribution is 2.00. The highest BCUT2D eigenvalue weighted by Gasteiger charge is 2.09. The number of carbonyl (C=O) groups is 1. The molecule has 0 aromatic carbocycles. The minimum Gasteiger partial charge on any atom is -0.377 e. The van der Waals surface area contributed by atoms with Crippen LogP contribution in [-0.2, 0) is 16.1 Å². The van der Waals surface area contributed by atoms with Crippen molar-refractivity contribution in [2.24, 2.45) is 0 Å². The van der Waals surface area contributed by atoms with Gasteiger partial charge in [0, 0.05) is 19.9 Å². The van der Waals surface area contributed by atoms with E-state index >= 15 is 0 Å². The molecule has 1 aromatic rings. The van der Waals surface area contributed by atoms with Crippen molar-refractivity contribution in [2.45, 2.75) is 13.5 Å². The Labute approximate surface area is 96.2 Å². The molecule has 88 valence electrons. The smallest absolute Gasteiger partial charge is 0.172 e. The van der Waals surface area contributed by atoms with Crippen molar-refractivity contribution >= 4 is 5.78 Å². The molecule has 0 amide bonds. The maximum absolute atomic E-state index is 11.4. The third kappa shape index (κ3) is 4.51. The van der Waals surface area contributed by atoms with Crippen molar-refractivity contribution in [1.82, 2.24) is 9.88 Å². The van der Waals surface area contributed by atoms with Crippen LogP contribution in [0.15, 0.2) is 24.4 Å². The fourth-order valence-electron chi connectivity index (χ4n) is 1.46. The lowest BCUT2D eigenvalue weighted by molar-refractivity contribution is -0.123. The summed E-state index contributed by atoms with van der Waals surface area (Å²) >= 11 is 0. The van der Waals surface area contributed by atoms with Gasteiger partial charge in [-0.3, -0.25) is 14.7 Å². The highest BCUT2D eigenvalue weighted by molar-refractivity contribution is 5.81. The quantitative estimate of drug-likeness (QED) is 0.693. The van der Waals surface area contributed by atoms with Gasteiger partial charge in [0.1, 0.15) is 6.61 Å². The summed E-state index contributed by atoms with van der Waals surface area (Å²) in [6, 6.07) is 5.80. The van der Waals surface area contributed by atoms with E-state index in [1.165, 1.54) is 7.11 Å². The maximum atomic E-state index is 11.4. The summed E-state index contributed by atoms with van der Waals surface area (Å²) in [5, 5.41) is 0. The lowest BCUT2D eigenvalue weighted by Gasteiger charge is -2.18. The number of likely N-dealkylation sites (N-methyl/N-ethyl adjacent to an activating group) is 1. The summed E-state index contributed by atoms with van der Waals surface area (Å²) in [5.41, 5.74) is 0.981. The third-order valence-corrected chi connectivity index (χ3v) is 2.26. The van der Waals surface area contributed by atoms with E-state index < -0.39 is 0 Å². The average molecular weight is 222 g/mol. The van der Waals surface area contributed by atoms with E-state index in [1.807, 2.05) is 30.0 Å². The van der Waals surface area contributed by atoms with Crippen LogP contribution in [0.4, 0.5) is 0 Å². The summed E-state index contributed by atoms with van der Waals surface area (Å²) in [6.07, 6.45) is 1.76. The summed E-state index contributed by atoms with van der Waals surface area (Å²) in [4.78, 5) is 17.7. The van der Waals surface area contributed by atoms with Crippen molar-refractivity contribution in [1.29, 1.82) is 0 Å². The van der Waals surface area contributed by atoms with Gasteiger partial charge < -0.3 is 4.74 Å². The molecular formula is C12H18N2O2. The topological polar surface area (TPSA) is 42.4 Å². The lowest BCUT2D eigenvalue weighted by Crippen LogP contribution is -2.31. The predicted octanol–water partition coefficient (Wildman–Crippen LogP) is 1.12. The van der Waals surface area contributed by atoms with E-state index in [1.54, 1.807) is 6.20 Å². The molecule has 4 nitrogen and oxygen atoms in total. The Morgan fingerprint density at radius 3 is 2.88 bits per heavy atom. The molecule has 0 saturated carbocycles. The van der Waals surface area contributed by atoms with Gasteiger partial charge in [-0.05, 0) is 18.7 Å². The molecule has 16 heavy (non-hydrogen) atoms. The lowest BCUT2D eigenvalue weighted by atomic mass is 10.3. The van der Waals surface area contributed by atoms with Crippen LogP contribution < -0.4 is 0 Å². The second-order valence-electron chi connectivity index (χ2n) is 3.60. The van der Waals surface area contributed by atoms with Crippen LogP contribution in [0, 0.1) is 0 Å². The summed E-state index contributed by atoms with van der Waals surface area (Å²) in [5.74, 6) is 0.0975. The van der Waals surface area contributed by atoms with Gasteiger partial charge in [-0.2, -0.15) is 0 Å². The number of hydrogen-bond donors (Lipinski definition) is 0. The second kappa shape index (κ2) is 7.09. The van der Waals surface area contributed by atoms with E-state index in [0.29, 0.717) is 13.1 Å². The molecule has 0 aliphatic carbocycles. The van der Waals surface area contributed by atoms with Gasteiger partial charge in [-0.15, -0.1) is 0 Å². The number of methoxy groups -OCH3 is 1. The molecule has 0 saturated heterocycles. The minimum absolute atomic E-state index is 0.0975. The van der Waals surface area contributed by atoms with Crippen LogP contribution in [0.1, 0.15) is 12.6 Å². The van der Waals surface area contributed by atoms with Crippen molar-refractivity contribution < 1.29 is 9.53 Å². The molecule has 1 heterocycles. The largest absolute Gasteiger partial charge is 0.377 e. The molecule has 1 rings (SSSR count). The normalized spacial score (nSPS) is 10.7. The molecule has 0 unspecified atom stereocenters. The first-order valence-electron chi connectivity index (χ1n) is 5.39. The summed E-state index contributed by atoms with van der Waals surface area (Å²) in [7, 11) is 1.53. The number of Topliss-reactive ketones (excluding diaryl/α,β-unsaturated/α-hetero) is 1. The molecule has 0 N–H and O–H groups in total. The Hall–Kier alpha value is -1.26.